The van der Waals surface area contributed by atoms with Gasteiger partial charge in [-0.2, -0.15) is 4.31 Å². The molecule has 2 aromatic carbocycles. The Hall–Kier alpha value is -3.17. The number of fused-ring (bicyclic) bond motifs is 1. The van der Waals surface area contributed by atoms with E-state index in [4.69, 9.17) is 9.26 Å². The van der Waals surface area contributed by atoms with Crippen LogP contribution in [0.2, 0.25) is 0 Å². The first-order valence-corrected chi connectivity index (χ1v) is 13.0. The first kappa shape index (κ1) is 22.6. The highest BCUT2D eigenvalue weighted by molar-refractivity contribution is 7.89. The highest BCUT2D eigenvalue weighted by Gasteiger charge is 2.25. The van der Waals surface area contributed by atoms with Crippen LogP contribution in [0.1, 0.15) is 48.7 Å². The third kappa shape index (κ3) is 4.58. The van der Waals surface area contributed by atoms with Crippen molar-refractivity contribution in [1.82, 2.24) is 9.46 Å². The Labute approximate surface area is 198 Å². The van der Waals surface area contributed by atoms with E-state index in [1.54, 1.807) is 22.5 Å². The zero-order valence-corrected chi connectivity index (χ0v) is 19.8. The quantitative estimate of drug-likeness (QED) is 0.576. The van der Waals surface area contributed by atoms with Crippen molar-refractivity contribution in [3.05, 3.63) is 59.8 Å². The lowest BCUT2D eigenvalue weighted by Gasteiger charge is -2.20. The molecule has 1 fully saturated rings. The maximum absolute atomic E-state index is 12.9. The smallest absolute Gasteiger partial charge is 0.277 e. The van der Waals surface area contributed by atoms with Gasteiger partial charge in [-0.15, -0.1) is 0 Å². The van der Waals surface area contributed by atoms with Gasteiger partial charge in [-0.25, -0.2) is 8.42 Å². The number of benzene rings is 2. The molecule has 2 aliphatic heterocycles. The van der Waals surface area contributed by atoms with Crippen molar-refractivity contribution < 1.29 is 22.5 Å². The summed E-state index contributed by atoms with van der Waals surface area (Å²) < 4.78 is 38.5. The standard InChI is InChI=1S/C25H27N3O5S/c1-17-14-19-15-18(6-11-23(19)32-17)24-16-22(27-33-24)25(29)26-20-7-9-21(10-8-20)34(30,31)28-12-4-2-3-5-13-28/h6-11,15-17H,2-5,12-14H2,1H3,(H,26,29)/t17-/m1/s1. The van der Waals surface area contributed by atoms with Crippen LogP contribution in [0.4, 0.5) is 5.69 Å². The molecule has 178 valence electrons. The molecule has 0 saturated carbocycles. The Morgan fingerprint density at radius 3 is 2.50 bits per heavy atom. The SMILES string of the molecule is C[C@@H]1Cc2cc(-c3cc(C(=O)Nc4ccc(S(=O)(=O)N5CCCCCC5)cc4)no3)ccc2O1. The average Bonchev–Trinajstić information content (AvgIpc) is 3.36. The van der Waals surface area contributed by atoms with E-state index in [9.17, 15) is 13.2 Å². The second kappa shape index (κ2) is 9.23. The second-order valence-electron chi connectivity index (χ2n) is 8.83. The van der Waals surface area contributed by atoms with Gasteiger partial charge in [0.2, 0.25) is 10.0 Å². The molecular formula is C25H27N3O5S. The molecule has 9 heteroatoms. The van der Waals surface area contributed by atoms with Crippen LogP contribution < -0.4 is 10.1 Å². The number of carbonyl (C=O) groups excluding carboxylic acids is 1. The predicted octanol–water partition coefficient (Wildman–Crippen LogP) is 4.48. The minimum Gasteiger partial charge on any atom is -0.490 e. The minimum atomic E-state index is -3.53. The highest BCUT2D eigenvalue weighted by Crippen LogP contribution is 2.33. The molecular weight excluding hydrogens is 454 g/mol. The van der Waals surface area contributed by atoms with Gasteiger partial charge in [-0.05, 0) is 67.8 Å². The summed E-state index contributed by atoms with van der Waals surface area (Å²) >= 11 is 0. The van der Waals surface area contributed by atoms with Gasteiger partial charge in [0.15, 0.2) is 11.5 Å². The lowest BCUT2D eigenvalue weighted by molar-refractivity contribution is 0.101. The number of anilines is 1. The summed E-state index contributed by atoms with van der Waals surface area (Å²) in [5.41, 5.74) is 2.54. The molecule has 3 aromatic rings. The third-order valence-electron chi connectivity index (χ3n) is 6.24. The number of rotatable bonds is 5. The van der Waals surface area contributed by atoms with Crippen molar-refractivity contribution in [3.8, 4) is 17.1 Å². The molecule has 34 heavy (non-hydrogen) atoms. The maximum Gasteiger partial charge on any atom is 0.277 e. The number of hydrogen-bond acceptors (Lipinski definition) is 6. The van der Waals surface area contributed by atoms with E-state index in [0.717, 1.165) is 49.0 Å². The Morgan fingerprint density at radius 2 is 1.76 bits per heavy atom. The fourth-order valence-electron chi connectivity index (χ4n) is 4.43. The molecule has 0 unspecified atom stereocenters. The van der Waals surface area contributed by atoms with Crippen LogP contribution in [-0.4, -0.2) is 43.0 Å². The number of aromatic nitrogens is 1. The van der Waals surface area contributed by atoms with Gasteiger partial charge in [0.25, 0.3) is 5.91 Å². The van der Waals surface area contributed by atoms with E-state index in [1.165, 1.54) is 12.1 Å². The van der Waals surface area contributed by atoms with Crippen molar-refractivity contribution in [2.24, 2.45) is 0 Å². The lowest BCUT2D eigenvalue weighted by Crippen LogP contribution is -2.31. The van der Waals surface area contributed by atoms with Crippen molar-refractivity contribution in [2.45, 2.75) is 50.0 Å². The molecule has 1 atom stereocenters. The van der Waals surface area contributed by atoms with Crippen LogP contribution in [0.5, 0.6) is 5.75 Å². The first-order valence-electron chi connectivity index (χ1n) is 11.6. The summed E-state index contributed by atoms with van der Waals surface area (Å²) in [4.78, 5) is 12.9. The normalized spacial score (nSPS) is 18.7. The van der Waals surface area contributed by atoms with E-state index in [-0.39, 0.29) is 16.7 Å². The monoisotopic (exact) mass is 481 g/mol. The van der Waals surface area contributed by atoms with E-state index in [2.05, 4.69) is 10.5 Å². The molecule has 1 aromatic heterocycles. The van der Waals surface area contributed by atoms with Crippen LogP contribution in [-0.2, 0) is 16.4 Å². The molecule has 1 saturated heterocycles. The number of amides is 1. The van der Waals surface area contributed by atoms with Crippen molar-refractivity contribution in [2.75, 3.05) is 18.4 Å². The second-order valence-corrected chi connectivity index (χ2v) is 10.8. The van der Waals surface area contributed by atoms with Crippen LogP contribution >= 0.6 is 0 Å². The van der Waals surface area contributed by atoms with Gasteiger partial charge in [-0.3, -0.25) is 4.79 Å². The molecule has 3 heterocycles. The summed E-state index contributed by atoms with van der Waals surface area (Å²) in [5, 5.41) is 6.65. The highest BCUT2D eigenvalue weighted by atomic mass is 32.2. The third-order valence-corrected chi connectivity index (χ3v) is 8.15. The Bertz CT molecular complexity index is 1290. The molecule has 8 nitrogen and oxygen atoms in total. The average molecular weight is 482 g/mol. The molecule has 1 amide bonds. The molecule has 0 radical (unpaired) electrons. The maximum atomic E-state index is 12.9. The number of ether oxygens (including phenoxy) is 1. The summed E-state index contributed by atoms with van der Waals surface area (Å²) in [6.07, 6.45) is 4.85. The van der Waals surface area contributed by atoms with Gasteiger partial charge in [0, 0.05) is 36.8 Å². The van der Waals surface area contributed by atoms with Crippen molar-refractivity contribution in [3.63, 3.8) is 0 Å². The number of nitrogens with one attached hydrogen (secondary N) is 1. The van der Waals surface area contributed by atoms with Gasteiger partial charge in [-0.1, -0.05) is 18.0 Å². The first-order chi connectivity index (χ1) is 16.4. The number of hydrogen-bond donors (Lipinski definition) is 1. The molecule has 5 rings (SSSR count). The van der Waals surface area contributed by atoms with Gasteiger partial charge < -0.3 is 14.6 Å². The van der Waals surface area contributed by atoms with Crippen LogP contribution in [0.15, 0.2) is 57.9 Å². The van der Waals surface area contributed by atoms with E-state index >= 15 is 0 Å². The zero-order chi connectivity index (χ0) is 23.7. The van der Waals surface area contributed by atoms with Crippen LogP contribution in [0.3, 0.4) is 0 Å². The lowest BCUT2D eigenvalue weighted by atomic mass is 10.1. The summed E-state index contributed by atoms with van der Waals surface area (Å²) in [6.45, 7) is 3.12. The van der Waals surface area contributed by atoms with Gasteiger partial charge in [0.1, 0.15) is 11.9 Å². The fourth-order valence-corrected chi connectivity index (χ4v) is 5.95. The molecule has 0 aliphatic carbocycles. The Morgan fingerprint density at radius 1 is 1.03 bits per heavy atom. The zero-order valence-electron chi connectivity index (χ0n) is 19.0. The van der Waals surface area contributed by atoms with Crippen LogP contribution in [0.25, 0.3) is 11.3 Å². The Balaban J connectivity index is 1.26. The predicted molar refractivity (Wildman–Crippen MR) is 127 cm³/mol. The Kier molecular flexibility index (Phi) is 6.14. The topological polar surface area (TPSA) is 102 Å². The molecule has 0 bridgehead atoms. The molecule has 0 spiro atoms. The van der Waals surface area contributed by atoms with Crippen LogP contribution in [0, 0.1) is 0 Å². The number of carbonyl (C=O) groups is 1. The summed E-state index contributed by atoms with van der Waals surface area (Å²) in [7, 11) is -3.53. The van der Waals surface area contributed by atoms with Crippen molar-refractivity contribution in [1.29, 1.82) is 0 Å². The number of sulfonamides is 1. The van der Waals surface area contributed by atoms with E-state index < -0.39 is 15.9 Å². The van der Waals surface area contributed by atoms with Gasteiger partial charge in [0.05, 0.1) is 4.90 Å². The van der Waals surface area contributed by atoms with Crippen molar-refractivity contribution >= 4 is 21.6 Å². The largest absolute Gasteiger partial charge is 0.490 e. The minimum absolute atomic E-state index is 0.140. The van der Waals surface area contributed by atoms with E-state index in [0.29, 0.717) is 24.5 Å². The molecule has 2 aliphatic rings. The fraction of sp³-hybridized carbons (Fsp3) is 0.360. The molecule has 1 N–H and O–H groups in total. The van der Waals surface area contributed by atoms with E-state index in [1.807, 2.05) is 25.1 Å². The van der Waals surface area contributed by atoms with Gasteiger partial charge >= 0.3 is 0 Å². The summed E-state index contributed by atoms with van der Waals surface area (Å²) in [5.74, 6) is 0.928. The number of nitrogens with zero attached hydrogens (tertiary/aromatic N) is 2. The summed E-state index contributed by atoms with van der Waals surface area (Å²) in [6, 6.07) is 13.6.